The number of anilines is 1. The van der Waals surface area contributed by atoms with E-state index in [9.17, 15) is 0 Å². The van der Waals surface area contributed by atoms with Gasteiger partial charge in [-0.15, -0.1) is 16.4 Å². The molecule has 8 heteroatoms. The minimum absolute atomic E-state index is 0.143. The number of piperidine rings is 1. The van der Waals surface area contributed by atoms with Crippen LogP contribution in [0.25, 0.3) is 0 Å². The van der Waals surface area contributed by atoms with E-state index >= 15 is 0 Å². The summed E-state index contributed by atoms with van der Waals surface area (Å²) in [4.78, 5) is 9.01. The van der Waals surface area contributed by atoms with E-state index < -0.39 is 0 Å². The highest BCUT2D eigenvalue weighted by atomic mass is 32.1. The molecule has 23 heavy (non-hydrogen) atoms. The average molecular weight is 335 g/mol. The van der Waals surface area contributed by atoms with E-state index in [-0.39, 0.29) is 5.60 Å². The second-order valence-electron chi connectivity index (χ2n) is 6.30. The Labute approximate surface area is 139 Å². The quantitative estimate of drug-likeness (QED) is 0.846. The lowest BCUT2D eigenvalue weighted by molar-refractivity contribution is -0.116. The number of hydrogen-bond acceptors (Lipinski definition) is 8. The van der Waals surface area contributed by atoms with Crippen LogP contribution in [0.1, 0.15) is 23.7 Å². The van der Waals surface area contributed by atoms with E-state index in [0.29, 0.717) is 11.9 Å². The van der Waals surface area contributed by atoms with Crippen molar-refractivity contribution in [1.82, 2.24) is 20.1 Å². The molecule has 0 radical (unpaired) electrons. The standard InChI is InChI=1S/C15H21N5O2S/c1-12-17-18-14(22-12)20-5-2-3-15(11-20)10-19(6-7-21-15)9-13-16-4-8-23-13/h4,8H,2-3,5-7,9-11H2,1H3/t15-/m1/s1. The summed E-state index contributed by atoms with van der Waals surface area (Å²) in [6, 6.07) is 0.613. The molecule has 0 bridgehead atoms. The highest BCUT2D eigenvalue weighted by Crippen LogP contribution is 2.31. The second-order valence-corrected chi connectivity index (χ2v) is 7.28. The van der Waals surface area contributed by atoms with Crippen molar-refractivity contribution in [3.8, 4) is 0 Å². The van der Waals surface area contributed by atoms with Gasteiger partial charge in [-0.3, -0.25) is 4.90 Å². The van der Waals surface area contributed by atoms with Crippen molar-refractivity contribution in [3.05, 3.63) is 22.5 Å². The smallest absolute Gasteiger partial charge is 0.318 e. The lowest BCUT2D eigenvalue weighted by atomic mass is 9.91. The third kappa shape index (κ3) is 3.24. The molecule has 1 spiro atoms. The van der Waals surface area contributed by atoms with Crippen molar-refractivity contribution in [2.24, 2.45) is 0 Å². The molecule has 0 aliphatic carbocycles. The Bertz CT molecular complexity index is 642. The molecule has 0 amide bonds. The van der Waals surface area contributed by atoms with Crippen molar-refractivity contribution >= 4 is 17.4 Å². The van der Waals surface area contributed by atoms with Crippen molar-refractivity contribution in [2.45, 2.75) is 31.9 Å². The van der Waals surface area contributed by atoms with Crippen molar-refractivity contribution < 1.29 is 9.15 Å². The zero-order valence-electron chi connectivity index (χ0n) is 13.3. The number of morpholine rings is 1. The molecule has 124 valence electrons. The number of aryl methyl sites for hydroxylation is 1. The SMILES string of the molecule is Cc1nnc(N2CCC[C@@]3(CN(Cc4nccs4)CCO3)C2)o1. The van der Waals surface area contributed by atoms with Crippen LogP contribution >= 0.6 is 11.3 Å². The summed E-state index contributed by atoms with van der Waals surface area (Å²) in [5, 5.41) is 11.3. The maximum absolute atomic E-state index is 6.22. The lowest BCUT2D eigenvalue weighted by Gasteiger charge is -2.47. The number of hydrogen-bond donors (Lipinski definition) is 0. The number of ether oxygens (including phenoxy) is 1. The van der Waals surface area contributed by atoms with Crippen LogP contribution in [0.5, 0.6) is 0 Å². The molecule has 0 unspecified atom stereocenters. The van der Waals surface area contributed by atoms with Crippen LogP contribution in [0.4, 0.5) is 6.01 Å². The summed E-state index contributed by atoms with van der Waals surface area (Å²) in [7, 11) is 0. The third-order valence-electron chi connectivity index (χ3n) is 4.50. The molecule has 1 atom stereocenters. The molecule has 2 aliphatic rings. The van der Waals surface area contributed by atoms with Crippen LogP contribution in [-0.4, -0.2) is 58.5 Å². The summed E-state index contributed by atoms with van der Waals surface area (Å²) in [6.45, 7) is 7.13. The molecule has 4 rings (SSSR count). The van der Waals surface area contributed by atoms with Crippen molar-refractivity contribution in [1.29, 1.82) is 0 Å². The number of aromatic nitrogens is 3. The maximum atomic E-state index is 6.22. The van der Waals surface area contributed by atoms with Gasteiger partial charge in [0.05, 0.1) is 25.3 Å². The van der Waals surface area contributed by atoms with Gasteiger partial charge in [0.25, 0.3) is 0 Å². The normalized spacial score (nSPS) is 26.0. The van der Waals surface area contributed by atoms with E-state index in [1.165, 1.54) is 5.01 Å². The summed E-state index contributed by atoms with van der Waals surface area (Å²) in [5.74, 6) is 0.606. The molecule has 0 saturated carbocycles. The Morgan fingerprint density at radius 1 is 1.30 bits per heavy atom. The summed E-state index contributed by atoms with van der Waals surface area (Å²) >= 11 is 1.71. The zero-order chi connectivity index (χ0) is 15.7. The molecule has 2 saturated heterocycles. The third-order valence-corrected chi connectivity index (χ3v) is 5.26. The van der Waals surface area contributed by atoms with Crippen LogP contribution < -0.4 is 4.90 Å². The van der Waals surface area contributed by atoms with Gasteiger partial charge in [0, 0.05) is 38.1 Å². The van der Waals surface area contributed by atoms with Gasteiger partial charge in [0.15, 0.2) is 0 Å². The molecule has 4 heterocycles. The minimum atomic E-state index is -0.143. The Morgan fingerprint density at radius 2 is 2.26 bits per heavy atom. The van der Waals surface area contributed by atoms with E-state index in [1.54, 1.807) is 11.3 Å². The van der Waals surface area contributed by atoms with E-state index in [0.717, 1.165) is 52.2 Å². The first kappa shape index (κ1) is 15.0. The van der Waals surface area contributed by atoms with Gasteiger partial charge in [-0.2, -0.15) is 0 Å². The fraction of sp³-hybridized carbons (Fsp3) is 0.667. The molecule has 7 nitrogen and oxygen atoms in total. The van der Waals surface area contributed by atoms with Crippen LogP contribution in [0.15, 0.2) is 16.0 Å². The van der Waals surface area contributed by atoms with Crippen molar-refractivity contribution in [3.63, 3.8) is 0 Å². The molecule has 2 fully saturated rings. The van der Waals surface area contributed by atoms with Crippen LogP contribution in [0, 0.1) is 6.92 Å². The Hall–Kier alpha value is -1.51. The first-order valence-electron chi connectivity index (χ1n) is 8.02. The lowest BCUT2D eigenvalue weighted by Crippen LogP contribution is -2.59. The van der Waals surface area contributed by atoms with Crippen LogP contribution in [0.3, 0.4) is 0 Å². The molecule has 2 aromatic heterocycles. The first-order chi connectivity index (χ1) is 11.2. The molecule has 2 aromatic rings. The molecular weight excluding hydrogens is 314 g/mol. The van der Waals surface area contributed by atoms with Crippen molar-refractivity contribution in [2.75, 3.05) is 37.7 Å². The van der Waals surface area contributed by atoms with Gasteiger partial charge in [-0.25, -0.2) is 4.98 Å². The molecule has 0 aromatic carbocycles. The van der Waals surface area contributed by atoms with Gasteiger partial charge >= 0.3 is 6.01 Å². The van der Waals surface area contributed by atoms with E-state index in [1.807, 2.05) is 18.5 Å². The van der Waals surface area contributed by atoms with Gasteiger partial charge < -0.3 is 14.1 Å². The predicted octanol–water partition coefficient (Wildman–Crippen LogP) is 1.71. The average Bonchev–Trinajstić information content (AvgIpc) is 3.19. The fourth-order valence-corrected chi connectivity index (χ4v) is 4.16. The van der Waals surface area contributed by atoms with Gasteiger partial charge in [0.1, 0.15) is 5.01 Å². The summed E-state index contributed by atoms with van der Waals surface area (Å²) < 4.78 is 11.8. The molecular formula is C15H21N5O2S. The van der Waals surface area contributed by atoms with Crippen LogP contribution in [-0.2, 0) is 11.3 Å². The fourth-order valence-electron chi connectivity index (χ4n) is 3.50. The van der Waals surface area contributed by atoms with E-state index in [2.05, 4.69) is 25.0 Å². The topological polar surface area (TPSA) is 67.5 Å². The summed E-state index contributed by atoms with van der Waals surface area (Å²) in [5.41, 5.74) is -0.143. The predicted molar refractivity (Wildman–Crippen MR) is 86.6 cm³/mol. The minimum Gasteiger partial charge on any atom is -0.408 e. The zero-order valence-corrected chi connectivity index (χ0v) is 14.1. The van der Waals surface area contributed by atoms with Gasteiger partial charge in [0.2, 0.25) is 5.89 Å². The van der Waals surface area contributed by atoms with E-state index in [4.69, 9.17) is 9.15 Å². The monoisotopic (exact) mass is 335 g/mol. The Balaban J connectivity index is 1.46. The number of nitrogens with zero attached hydrogens (tertiary/aromatic N) is 5. The van der Waals surface area contributed by atoms with Crippen LogP contribution in [0.2, 0.25) is 0 Å². The largest absolute Gasteiger partial charge is 0.408 e. The number of thiazole rings is 1. The highest BCUT2D eigenvalue weighted by molar-refractivity contribution is 7.09. The Kier molecular flexibility index (Phi) is 4.04. The highest BCUT2D eigenvalue weighted by Gasteiger charge is 2.41. The van der Waals surface area contributed by atoms with Gasteiger partial charge in [-0.1, -0.05) is 5.10 Å². The molecule has 2 aliphatic heterocycles. The van der Waals surface area contributed by atoms with Gasteiger partial charge in [-0.05, 0) is 12.8 Å². The number of rotatable bonds is 3. The first-order valence-corrected chi connectivity index (χ1v) is 8.90. The second kappa shape index (κ2) is 6.18. The molecule has 0 N–H and O–H groups in total. The summed E-state index contributed by atoms with van der Waals surface area (Å²) in [6.07, 6.45) is 4.02. The Morgan fingerprint density at radius 3 is 3.04 bits per heavy atom. The maximum Gasteiger partial charge on any atom is 0.318 e.